The number of rotatable bonds is 6. The van der Waals surface area contributed by atoms with Gasteiger partial charge in [0.1, 0.15) is 5.03 Å². The van der Waals surface area contributed by atoms with E-state index in [0.29, 0.717) is 17.1 Å². The Morgan fingerprint density at radius 1 is 1.20 bits per heavy atom. The lowest BCUT2D eigenvalue weighted by molar-refractivity contribution is -0.128. The van der Waals surface area contributed by atoms with Gasteiger partial charge in [0.05, 0.1) is 5.56 Å². The summed E-state index contributed by atoms with van der Waals surface area (Å²) in [6.45, 7) is 4.40. The van der Waals surface area contributed by atoms with Gasteiger partial charge in [0, 0.05) is 38.2 Å². The number of benzene rings is 1. The third-order valence-corrected chi connectivity index (χ3v) is 4.87. The zero-order chi connectivity index (χ0) is 18.4. The monoisotopic (exact) mass is 357 g/mol. The molecule has 0 bridgehead atoms. The van der Waals surface area contributed by atoms with Gasteiger partial charge in [-0.25, -0.2) is 4.98 Å². The van der Waals surface area contributed by atoms with E-state index >= 15 is 0 Å². The summed E-state index contributed by atoms with van der Waals surface area (Å²) in [5.74, 6) is -0.233. The van der Waals surface area contributed by atoms with Crippen molar-refractivity contribution in [1.29, 1.82) is 0 Å². The van der Waals surface area contributed by atoms with Crippen molar-refractivity contribution < 1.29 is 9.59 Å². The van der Waals surface area contributed by atoms with Gasteiger partial charge in [-0.15, -0.1) is 0 Å². The first-order chi connectivity index (χ1) is 11.9. The van der Waals surface area contributed by atoms with E-state index in [0.717, 1.165) is 10.5 Å². The molecule has 2 amide bonds. The number of aromatic nitrogens is 1. The molecule has 1 aromatic heterocycles. The molecule has 0 unspecified atom stereocenters. The lowest BCUT2D eigenvalue weighted by Gasteiger charge is -2.12. The highest BCUT2D eigenvalue weighted by atomic mass is 32.2. The van der Waals surface area contributed by atoms with Crippen LogP contribution in [0.15, 0.2) is 46.5 Å². The highest BCUT2D eigenvalue weighted by Gasteiger charge is 2.14. The predicted octanol–water partition coefficient (Wildman–Crippen LogP) is 3.06. The number of aryl methyl sites for hydroxylation is 2. The van der Waals surface area contributed by atoms with Gasteiger partial charge in [0.15, 0.2) is 0 Å². The van der Waals surface area contributed by atoms with Gasteiger partial charge in [-0.1, -0.05) is 29.5 Å². The second kappa shape index (κ2) is 8.67. The van der Waals surface area contributed by atoms with Crippen LogP contribution in [0.1, 0.15) is 27.9 Å². The first-order valence-corrected chi connectivity index (χ1v) is 8.88. The maximum atomic E-state index is 12.5. The molecule has 0 aliphatic carbocycles. The first kappa shape index (κ1) is 19.0. The van der Waals surface area contributed by atoms with Crippen LogP contribution in [-0.4, -0.2) is 42.3 Å². The Morgan fingerprint density at radius 3 is 2.64 bits per heavy atom. The normalized spacial score (nSPS) is 10.4. The Morgan fingerprint density at radius 2 is 1.96 bits per heavy atom. The molecule has 0 aliphatic heterocycles. The molecule has 0 spiro atoms. The Bertz CT molecular complexity index is 775. The molecule has 1 aromatic carbocycles. The number of hydrogen-bond acceptors (Lipinski definition) is 4. The molecule has 0 saturated heterocycles. The third-order valence-electron chi connectivity index (χ3n) is 3.68. The second-order valence-electron chi connectivity index (χ2n) is 6.02. The molecule has 0 aliphatic rings. The van der Waals surface area contributed by atoms with Crippen molar-refractivity contribution in [3.63, 3.8) is 0 Å². The minimum atomic E-state index is -0.216. The minimum absolute atomic E-state index is 0.0173. The van der Waals surface area contributed by atoms with Crippen LogP contribution in [0.2, 0.25) is 0 Å². The summed E-state index contributed by atoms with van der Waals surface area (Å²) in [6, 6.07) is 9.69. The lowest BCUT2D eigenvalue weighted by Crippen LogP contribution is -2.30. The summed E-state index contributed by atoms with van der Waals surface area (Å²) in [4.78, 5) is 31.0. The molecule has 2 aromatic rings. The summed E-state index contributed by atoms with van der Waals surface area (Å²) in [5.41, 5.74) is 2.87. The summed E-state index contributed by atoms with van der Waals surface area (Å²) < 4.78 is 0. The minimum Gasteiger partial charge on any atom is -0.351 e. The average molecular weight is 357 g/mol. The number of carbonyl (C=O) groups excluding carboxylic acids is 2. The van der Waals surface area contributed by atoms with Crippen LogP contribution in [0.3, 0.4) is 0 Å². The van der Waals surface area contributed by atoms with Crippen molar-refractivity contribution in [2.45, 2.75) is 30.2 Å². The molecule has 2 rings (SSSR count). The van der Waals surface area contributed by atoms with E-state index in [4.69, 9.17) is 0 Å². The van der Waals surface area contributed by atoms with Crippen molar-refractivity contribution in [1.82, 2.24) is 15.2 Å². The highest BCUT2D eigenvalue weighted by molar-refractivity contribution is 7.99. The molecular formula is C19H23N3O2S. The standard InChI is InChI=1S/C19H23N3O2S/c1-13-7-8-16(14(2)12-13)25-19-15(6-5-10-21-19)18(24)20-11-9-17(23)22(3)4/h5-8,10,12H,9,11H2,1-4H3,(H,20,24). The number of nitrogens with one attached hydrogen (secondary N) is 1. The summed E-state index contributed by atoms with van der Waals surface area (Å²) in [6.07, 6.45) is 1.96. The van der Waals surface area contributed by atoms with E-state index in [9.17, 15) is 9.59 Å². The fourth-order valence-corrected chi connectivity index (χ4v) is 3.21. The number of nitrogens with zero attached hydrogens (tertiary/aromatic N) is 2. The quantitative estimate of drug-likeness (QED) is 0.863. The fraction of sp³-hybridized carbons (Fsp3) is 0.316. The largest absolute Gasteiger partial charge is 0.351 e. The molecule has 6 heteroatoms. The highest BCUT2D eigenvalue weighted by Crippen LogP contribution is 2.31. The molecule has 25 heavy (non-hydrogen) atoms. The number of pyridine rings is 1. The average Bonchev–Trinajstić information content (AvgIpc) is 2.57. The Hall–Kier alpha value is -2.34. The van der Waals surface area contributed by atoms with Gasteiger partial charge < -0.3 is 10.2 Å². The maximum absolute atomic E-state index is 12.5. The van der Waals surface area contributed by atoms with Gasteiger partial charge in [0.2, 0.25) is 5.91 Å². The molecule has 0 saturated carbocycles. The third kappa shape index (κ3) is 5.32. The molecule has 0 atom stereocenters. The molecule has 0 fully saturated rings. The summed E-state index contributed by atoms with van der Waals surface area (Å²) in [5, 5.41) is 3.45. The van der Waals surface area contributed by atoms with E-state index in [1.54, 1.807) is 32.4 Å². The van der Waals surface area contributed by atoms with Crippen LogP contribution in [0, 0.1) is 13.8 Å². The first-order valence-electron chi connectivity index (χ1n) is 8.07. The molecule has 0 radical (unpaired) electrons. The van der Waals surface area contributed by atoms with Crippen LogP contribution in [0.4, 0.5) is 0 Å². The zero-order valence-corrected chi connectivity index (χ0v) is 15.8. The second-order valence-corrected chi connectivity index (χ2v) is 7.05. The number of carbonyl (C=O) groups is 2. The SMILES string of the molecule is Cc1ccc(Sc2ncccc2C(=O)NCCC(=O)N(C)C)c(C)c1. The van der Waals surface area contributed by atoms with E-state index in [1.165, 1.54) is 22.2 Å². The van der Waals surface area contributed by atoms with Crippen LogP contribution >= 0.6 is 11.8 Å². The molecule has 132 valence electrons. The Balaban J connectivity index is 2.09. The summed E-state index contributed by atoms with van der Waals surface area (Å²) in [7, 11) is 3.40. The van der Waals surface area contributed by atoms with Crippen LogP contribution < -0.4 is 5.32 Å². The number of amides is 2. The van der Waals surface area contributed by atoms with E-state index < -0.39 is 0 Å². The van der Waals surface area contributed by atoms with E-state index in [2.05, 4.69) is 23.3 Å². The van der Waals surface area contributed by atoms with Crippen LogP contribution in [0.5, 0.6) is 0 Å². The maximum Gasteiger partial charge on any atom is 0.254 e. The van der Waals surface area contributed by atoms with Gasteiger partial charge >= 0.3 is 0 Å². The molecule has 1 heterocycles. The number of hydrogen-bond donors (Lipinski definition) is 1. The van der Waals surface area contributed by atoms with Gasteiger partial charge in [-0.2, -0.15) is 0 Å². The molecular weight excluding hydrogens is 334 g/mol. The summed E-state index contributed by atoms with van der Waals surface area (Å²) >= 11 is 1.48. The molecule has 5 nitrogen and oxygen atoms in total. The van der Waals surface area contributed by atoms with Crippen molar-refractivity contribution >= 4 is 23.6 Å². The lowest BCUT2D eigenvalue weighted by atomic mass is 10.2. The van der Waals surface area contributed by atoms with Crippen molar-refractivity contribution in [3.8, 4) is 0 Å². The van der Waals surface area contributed by atoms with Crippen molar-refractivity contribution in [2.75, 3.05) is 20.6 Å². The van der Waals surface area contributed by atoms with E-state index in [1.807, 2.05) is 19.1 Å². The van der Waals surface area contributed by atoms with Crippen molar-refractivity contribution in [2.24, 2.45) is 0 Å². The fourth-order valence-electron chi connectivity index (χ4n) is 2.26. The van der Waals surface area contributed by atoms with Gasteiger partial charge in [-0.05, 0) is 37.6 Å². The van der Waals surface area contributed by atoms with Gasteiger partial charge in [0.25, 0.3) is 5.91 Å². The van der Waals surface area contributed by atoms with Crippen molar-refractivity contribution in [3.05, 3.63) is 53.2 Å². The Kier molecular flexibility index (Phi) is 6.58. The predicted molar refractivity (Wildman–Crippen MR) is 99.9 cm³/mol. The topological polar surface area (TPSA) is 62.3 Å². The Labute approximate surface area is 152 Å². The van der Waals surface area contributed by atoms with Crippen LogP contribution in [-0.2, 0) is 4.79 Å². The zero-order valence-electron chi connectivity index (χ0n) is 15.0. The van der Waals surface area contributed by atoms with E-state index in [-0.39, 0.29) is 18.2 Å². The van der Waals surface area contributed by atoms with Crippen LogP contribution in [0.25, 0.3) is 0 Å². The van der Waals surface area contributed by atoms with Gasteiger partial charge in [-0.3, -0.25) is 9.59 Å². The smallest absolute Gasteiger partial charge is 0.254 e. The molecule has 1 N–H and O–H groups in total.